The minimum Gasteiger partial charge on any atom is -0.103 e. The highest BCUT2D eigenvalue weighted by atomic mass is 14.4. The van der Waals surface area contributed by atoms with Crippen LogP contribution in [0.15, 0.2) is 50.6 Å². The molecule has 18 heavy (non-hydrogen) atoms. The summed E-state index contributed by atoms with van der Waals surface area (Å²) in [4.78, 5) is 0. The average Bonchev–Trinajstić information content (AvgIpc) is 2.35. The SMILES string of the molecule is C=CCC1CC(CC=C)C(CC=C)CC1CC=C. The third kappa shape index (κ3) is 4.01. The Morgan fingerprint density at radius 2 is 0.778 bits per heavy atom. The summed E-state index contributed by atoms with van der Waals surface area (Å²) < 4.78 is 0. The first-order valence-corrected chi connectivity index (χ1v) is 7.20. The molecule has 0 heterocycles. The van der Waals surface area contributed by atoms with Gasteiger partial charge in [0.1, 0.15) is 0 Å². The summed E-state index contributed by atoms with van der Waals surface area (Å²) >= 11 is 0. The predicted octanol–water partition coefficient (Wildman–Crippen LogP) is 5.55. The summed E-state index contributed by atoms with van der Waals surface area (Å²) in [6.07, 6.45) is 15.5. The third-order valence-electron chi connectivity index (χ3n) is 4.42. The first kappa shape index (κ1) is 15.0. The van der Waals surface area contributed by atoms with Crippen molar-refractivity contribution in [2.75, 3.05) is 0 Å². The molecule has 0 amide bonds. The van der Waals surface area contributed by atoms with Crippen molar-refractivity contribution in [3.8, 4) is 0 Å². The van der Waals surface area contributed by atoms with Crippen LogP contribution < -0.4 is 0 Å². The third-order valence-corrected chi connectivity index (χ3v) is 4.42. The van der Waals surface area contributed by atoms with Crippen LogP contribution in [0.1, 0.15) is 38.5 Å². The molecular formula is C18H28. The summed E-state index contributed by atoms with van der Waals surface area (Å²) in [5, 5.41) is 0. The van der Waals surface area contributed by atoms with E-state index in [2.05, 4.69) is 50.6 Å². The molecule has 0 bridgehead atoms. The van der Waals surface area contributed by atoms with Crippen molar-refractivity contribution < 1.29 is 0 Å². The lowest BCUT2D eigenvalue weighted by atomic mass is 9.64. The maximum Gasteiger partial charge on any atom is -0.0322 e. The second-order valence-corrected chi connectivity index (χ2v) is 5.61. The van der Waals surface area contributed by atoms with E-state index < -0.39 is 0 Å². The van der Waals surface area contributed by atoms with Crippen LogP contribution in [-0.2, 0) is 0 Å². The molecule has 0 aromatic rings. The van der Waals surface area contributed by atoms with Gasteiger partial charge in [0.15, 0.2) is 0 Å². The van der Waals surface area contributed by atoms with Gasteiger partial charge in [-0.25, -0.2) is 0 Å². The van der Waals surface area contributed by atoms with Gasteiger partial charge in [-0.15, -0.1) is 26.3 Å². The lowest BCUT2D eigenvalue weighted by molar-refractivity contribution is 0.116. The van der Waals surface area contributed by atoms with Crippen molar-refractivity contribution >= 4 is 0 Å². The largest absolute Gasteiger partial charge is 0.103 e. The Bertz CT molecular complexity index is 228. The van der Waals surface area contributed by atoms with E-state index in [4.69, 9.17) is 0 Å². The molecule has 0 spiro atoms. The molecule has 0 saturated heterocycles. The minimum absolute atomic E-state index is 0.784. The van der Waals surface area contributed by atoms with Gasteiger partial charge < -0.3 is 0 Å². The van der Waals surface area contributed by atoms with Crippen molar-refractivity contribution in [2.45, 2.75) is 38.5 Å². The molecular weight excluding hydrogens is 216 g/mol. The van der Waals surface area contributed by atoms with Gasteiger partial charge in [0.2, 0.25) is 0 Å². The van der Waals surface area contributed by atoms with Crippen molar-refractivity contribution in [3.63, 3.8) is 0 Å². The Balaban J connectivity index is 2.75. The highest BCUT2D eigenvalue weighted by Gasteiger charge is 2.34. The number of hydrogen-bond acceptors (Lipinski definition) is 0. The Morgan fingerprint density at radius 1 is 0.556 bits per heavy atom. The quantitative estimate of drug-likeness (QED) is 0.491. The molecule has 0 N–H and O–H groups in total. The van der Waals surface area contributed by atoms with E-state index in [0.29, 0.717) is 0 Å². The molecule has 0 nitrogen and oxygen atoms in total. The molecule has 1 rings (SSSR count). The first-order chi connectivity index (χ1) is 8.76. The minimum atomic E-state index is 0.784. The molecule has 1 saturated carbocycles. The Hall–Kier alpha value is -1.04. The lowest BCUT2D eigenvalue weighted by Gasteiger charge is -2.41. The standard InChI is InChI=1S/C18H28/c1-5-9-15-13-17(11-7-3)18(12-8-4)14-16(15)10-6-2/h5-8,15-18H,1-4,9-14H2. The normalized spacial score (nSPS) is 31.6. The van der Waals surface area contributed by atoms with Gasteiger partial charge in [0.25, 0.3) is 0 Å². The average molecular weight is 244 g/mol. The van der Waals surface area contributed by atoms with Crippen molar-refractivity contribution in [2.24, 2.45) is 23.7 Å². The molecule has 4 atom stereocenters. The van der Waals surface area contributed by atoms with Crippen LogP contribution in [0.2, 0.25) is 0 Å². The summed E-state index contributed by atoms with van der Waals surface area (Å²) in [7, 11) is 0. The van der Waals surface area contributed by atoms with Crippen LogP contribution in [0.5, 0.6) is 0 Å². The van der Waals surface area contributed by atoms with E-state index in [0.717, 1.165) is 49.4 Å². The monoisotopic (exact) mass is 244 g/mol. The zero-order valence-electron chi connectivity index (χ0n) is 11.7. The smallest absolute Gasteiger partial charge is 0.0322 e. The van der Waals surface area contributed by atoms with Gasteiger partial charge in [-0.3, -0.25) is 0 Å². The molecule has 0 aromatic carbocycles. The van der Waals surface area contributed by atoms with Gasteiger partial charge >= 0.3 is 0 Å². The molecule has 0 radical (unpaired) electrons. The van der Waals surface area contributed by atoms with Crippen LogP contribution in [0.4, 0.5) is 0 Å². The van der Waals surface area contributed by atoms with Crippen molar-refractivity contribution in [3.05, 3.63) is 50.6 Å². The van der Waals surface area contributed by atoms with Gasteiger partial charge in [-0.2, -0.15) is 0 Å². The summed E-state index contributed by atoms with van der Waals surface area (Å²) in [5.41, 5.74) is 0. The summed E-state index contributed by atoms with van der Waals surface area (Å²) in [6.45, 7) is 15.7. The van der Waals surface area contributed by atoms with Crippen LogP contribution >= 0.6 is 0 Å². The van der Waals surface area contributed by atoms with E-state index in [1.54, 1.807) is 0 Å². The molecule has 4 unspecified atom stereocenters. The molecule has 1 aliphatic carbocycles. The fourth-order valence-electron chi connectivity index (χ4n) is 3.56. The summed E-state index contributed by atoms with van der Waals surface area (Å²) in [6, 6.07) is 0. The van der Waals surface area contributed by atoms with E-state index in [1.807, 2.05) is 0 Å². The maximum absolute atomic E-state index is 3.91. The van der Waals surface area contributed by atoms with Gasteiger partial charge in [0, 0.05) is 0 Å². The number of allylic oxidation sites excluding steroid dienone is 4. The van der Waals surface area contributed by atoms with Gasteiger partial charge in [0.05, 0.1) is 0 Å². The van der Waals surface area contributed by atoms with Gasteiger partial charge in [-0.05, 0) is 62.2 Å². The Labute approximate surface area is 113 Å². The highest BCUT2D eigenvalue weighted by Crippen LogP contribution is 2.44. The molecule has 100 valence electrons. The molecule has 0 aromatic heterocycles. The van der Waals surface area contributed by atoms with Crippen LogP contribution in [0, 0.1) is 23.7 Å². The van der Waals surface area contributed by atoms with Gasteiger partial charge in [-0.1, -0.05) is 24.3 Å². The second-order valence-electron chi connectivity index (χ2n) is 5.61. The lowest BCUT2D eigenvalue weighted by Crippen LogP contribution is -2.31. The Morgan fingerprint density at radius 3 is 0.944 bits per heavy atom. The fourth-order valence-corrected chi connectivity index (χ4v) is 3.56. The van der Waals surface area contributed by atoms with E-state index in [9.17, 15) is 0 Å². The van der Waals surface area contributed by atoms with Crippen LogP contribution in [0.3, 0.4) is 0 Å². The van der Waals surface area contributed by atoms with Crippen molar-refractivity contribution in [1.29, 1.82) is 0 Å². The second kappa shape index (κ2) is 8.13. The Kier molecular flexibility index (Phi) is 6.78. The van der Waals surface area contributed by atoms with Crippen LogP contribution in [0.25, 0.3) is 0 Å². The number of rotatable bonds is 8. The first-order valence-electron chi connectivity index (χ1n) is 7.20. The highest BCUT2D eigenvalue weighted by molar-refractivity contribution is 4.94. The molecule has 0 heteroatoms. The molecule has 1 aliphatic rings. The van der Waals surface area contributed by atoms with Crippen LogP contribution in [-0.4, -0.2) is 0 Å². The van der Waals surface area contributed by atoms with E-state index >= 15 is 0 Å². The topological polar surface area (TPSA) is 0 Å². The number of hydrogen-bond donors (Lipinski definition) is 0. The summed E-state index contributed by atoms with van der Waals surface area (Å²) in [5.74, 6) is 3.14. The molecule has 0 aliphatic heterocycles. The van der Waals surface area contributed by atoms with Crippen molar-refractivity contribution in [1.82, 2.24) is 0 Å². The molecule has 1 fully saturated rings. The van der Waals surface area contributed by atoms with E-state index in [1.165, 1.54) is 12.8 Å². The zero-order valence-corrected chi connectivity index (χ0v) is 11.7. The predicted molar refractivity (Wildman–Crippen MR) is 82.5 cm³/mol. The maximum atomic E-state index is 3.91. The fraction of sp³-hybridized carbons (Fsp3) is 0.556. The zero-order chi connectivity index (χ0) is 13.4. The van der Waals surface area contributed by atoms with E-state index in [-0.39, 0.29) is 0 Å².